The van der Waals surface area contributed by atoms with E-state index < -0.39 is 15.8 Å². The first kappa shape index (κ1) is 13.9. The molecule has 0 radical (unpaired) electrons. The van der Waals surface area contributed by atoms with Crippen molar-refractivity contribution in [1.29, 1.82) is 0 Å². The van der Waals surface area contributed by atoms with E-state index in [4.69, 9.17) is 0 Å². The van der Waals surface area contributed by atoms with Crippen molar-refractivity contribution in [3.63, 3.8) is 0 Å². The maximum Gasteiger partial charge on any atom is 0.234 e. The normalized spacial score (nSPS) is 11.5. The van der Waals surface area contributed by atoms with Gasteiger partial charge >= 0.3 is 0 Å². The van der Waals surface area contributed by atoms with Crippen molar-refractivity contribution in [2.24, 2.45) is 0 Å². The molecule has 1 aromatic carbocycles. The lowest BCUT2D eigenvalue weighted by atomic mass is 10.2. The van der Waals surface area contributed by atoms with E-state index in [0.29, 0.717) is 13.1 Å². The third-order valence-electron chi connectivity index (χ3n) is 2.18. The maximum atomic E-state index is 13.3. The van der Waals surface area contributed by atoms with E-state index in [-0.39, 0.29) is 11.4 Å². The smallest absolute Gasteiger partial charge is 0.234 e. The molecule has 0 unspecified atom stereocenters. The van der Waals surface area contributed by atoms with E-state index in [1.807, 2.05) is 6.92 Å². The van der Waals surface area contributed by atoms with Crippen molar-refractivity contribution in [2.45, 2.75) is 13.8 Å². The topological polar surface area (TPSA) is 58.2 Å². The summed E-state index contributed by atoms with van der Waals surface area (Å²) in [6, 6.07) is 4.31. The van der Waals surface area contributed by atoms with E-state index in [1.54, 1.807) is 13.0 Å². The molecule has 1 aromatic rings. The van der Waals surface area contributed by atoms with Crippen molar-refractivity contribution < 1.29 is 12.8 Å². The van der Waals surface area contributed by atoms with Crippen LogP contribution < -0.4 is 10.0 Å². The van der Waals surface area contributed by atoms with Crippen LogP contribution >= 0.6 is 0 Å². The van der Waals surface area contributed by atoms with Crippen LogP contribution in [0.25, 0.3) is 0 Å². The fraction of sp³-hybridized carbons (Fsp3) is 0.455. The van der Waals surface area contributed by atoms with Crippen LogP contribution in [0.15, 0.2) is 18.2 Å². The predicted molar refractivity (Wildman–Crippen MR) is 67.1 cm³/mol. The molecule has 0 saturated heterocycles. The maximum absolute atomic E-state index is 13.3. The third-order valence-corrected chi connectivity index (χ3v) is 3.46. The van der Waals surface area contributed by atoms with Gasteiger partial charge in [-0.05, 0) is 31.2 Å². The van der Waals surface area contributed by atoms with Crippen LogP contribution in [-0.2, 0) is 10.0 Å². The van der Waals surface area contributed by atoms with Crippen molar-refractivity contribution in [3.05, 3.63) is 29.6 Å². The molecule has 0 aliphatic carbocycles. The molecule has 1 rings (SSSR count). The zero-order valence-electron chi connectivity index (χ0n) is 9.96. The Morgan fingerprint density at radius 1 is 1.35 bits per heavy atom. The molecule has 96 valence electrons. The van der Waals surface area contributed by atoms with Gasteiger partial charge in [-0.3, -0.25) is 4.72 Å². The highest BCUT2D eigenvalue weighted by Crippen LogP contribution is 2.16. The number of hydrogen-bond donors (Lipinski definition) is 2. The van der Waals surface area contributed by atoms with Gasteiger partial charge in [0.15, 0.2) is 0 Å². The van der Waals surface area contributed by atoms with Gasteiger partial charge in [0.1, 0.15) is 5.82 Å². The van der Waals surface area contributed by atoms with Gasteiger partial charge in [0.2, 0.25) is 10.0 Å². The molecule has 2 N–H and O–H groups in total. The largest absolute Gasteiger partial charge is 0.316 e. The summed E-state index contributed by atoms with van der Waals surface area (Å²) in [7, 11) is -3.50. The number of hydrogen-bond acceptors (Lipinski definition) is 3. The molecule has 0 aliphatic heterocycles. The molecule has 0 spiro atoms. The summed E-state index contributed by atoms with van der Waals surface area (Å²) >= 11 is 0. The molecular weight excluding hydrogens is 243 g/mol. The van der Waals surface area contributed by atoms with Crippen LogP contribution in [0.1, 0.15) is 12.5 Å². The van der Waals surface area contributed by atoms with E-state index in [2.05, 4.69) is 10.0 Å². The number of anilines is 1. The van der Waals surface area contributed by atoms with Gasteiger partial charge in [0.05, 0.1) is 11.4 Å². The molecule has 0 bridgehead atoms. The lowest BCUT2D eigenvalue weighted by Gasteiger charge is -2.09. The Morgan fingerprint density at radius 2 is 2.06 bits per heavy atom. The number of nitrogens with one attached hydrogen (secondary N) is 2. The third kappa shape index (κ3) is 4.70. The molecular formula is C11H17FN2O2S. The van der Waals surface area contributed by atoms with E-state index in [0.717, 1.165) is 5.56 Å². The van der Waals surface area contributed by atoms with Gasteiger partial charge in [0, 0.05) is 6.54 Å². The first-order chi connectivity index (χ1) is 7.94. The Bertz CT molecular complexity index is 474. The Hall–Kier alpha value is -1.14. The zero-order valence-corrected chi connectivity index (χ0v) is 10.8. The molecule has 4 nitrogen and oxygen atoms in total. The molecule has 0 fully saturated rings. The number of aryl methyl sites for hydroxylation is 1. The van der Waals surface area contributed by atoms with Crippen LogP contribution in [0.3, 0.4) is 0 Å². The SMILES string of the molecule is CCNCCS(=O)(=O)Nc1cc(C)ccc1F. The summed E-state index contributed by atoms with van der Waals surface area (Å²) in [5, 5.41) is 2.90. The number of sulfonamides is 1. The number of rotatable bonds is 6. The second-order valence-corrected chi connectivity index (χ2v) is 5.60. The Kier molecular flexibility index (Phi) is 4.89. The number of halogens is 1. The van der Waals surface area contributed by atoms with Crippen molar-refractivity contribution >= 4 is 15.7 Å². The molecule has 0 aromatic heterocycles. The monoisotopic (exact) mass is 260 g/mol. The highest BCUT2D eigenvalue weighted by molar-refractivity contribution is 7.92. The quantitative estimate of drug-likeness (QED) is 0.762. The standard InChI is InChI=1S/C11H17FN2O2S/c1-3-13-6-7-17(15,16)14-11-8-9(2)4-5-10(11)12/h4-5,8,13-14H,3,6-7H2,1-2H3. The minimum absolute atomic E-state index is 0.00139. The highest BCUT2D eigenvalue weighted by atomic mass is 32.2. The fourth-order valence-electron chi connectivity index (χ4n) is 1.32. The Morgan fingerprint density at radius 3 is 2.71 bits per heavy atom. The summed E-state index contributed by atoms with van der Waals surface area (Å²) in [6.45, 7) is 4.71. The van der Waals surface area contributed by atoms with Crippen LogP contribution in [-0.4, -0.2) is 27.3 Å². The van der Waals surface area contributed by atoms with Crippen LogP contribution in [0, 0.1) is 12.7 Å². The summed E-state index contributed by atoms with van der Waals surface area (Å²) < 4.78 is 38.8. The molecule has 0 atom stereocenters. The first-order valence-electron chi connectivity index (χ1n) is 5.42. The van der Waals surface area contributed by atoms with Gasteiger partial charge in [0.25, 0.3) is 0 Å². The van der Waals surface area contributed by atoms with E-state index in [1.165, 1.54) is 12.1 Å². The second-order valence-electron chi connectivity index (χ2n) is 3.76. The van der Waals surface area contributed by atoms with Crippen molar-refractivity contribution in [2.75, 3.05) is 23.6 Å². The van der Waals surface area contributed by atoms with Gasteiger partial charge < -0.3 is 5.32 Å². The molecule has 0 heterocycles. The van der Waals surface area contributed by atoms with E-state index >= 15 is 0 Å². The van der Waals surface area contributed by atoms with Crippen molar-refractivity contribution in [3.8, 4) is 0 Å². The Balaban J connectivity index is 2.72. The minimum Gasteiger partial charge on any atom is -0.316 e. The predicted octanol–water partition coefficient (Wildman–Crippen LogP) is 1.49. The average molecular weight is 260 g/mol. The lowest BCUT2D eigenvalue weighted by Crippen LogP contribution is -2.26. The van der Waals surface area contributed by atoms with Crippen LogP contribution in [0.2, 0.25) is 0 Å². The lowest BCUT2D eigenvalue weighted by molar-refractivity contribution is 0.594. The Labute approximate surface area is 101 Å². The average Bonchev–Trinajstić information content (AvgIpc) is 2.23. The summed E-state index contributed by atoms with van der Waals surface area (Å²) in [5.74, 6) is -0.642. The zero-order chi connectivity index (χ0) is 12.9. The van der Waals surface area contributed by atoms with Crippen molar-refractivity contribution in [1.82, 2.24) is 5.32 Å². The van der Waals surface area contributed by atoms with E-state index in [9.17, 15) is 12.8 Å². The summed E-state index contributed by atoms with van der Waals surface area (Å²) in [4.78, 5) is 0. The second kappa shape index (κ2) is 5.97. The van der Waals surface area contributed by atoms with Crippen LogP contribution in [0.5, 0.6) is 0 Å². The van der Waals surface area contributed by atoms with Gasteiger partial charge in [-0.2, -0.15) is 0 Å². The molecule has 0 saturated carbocycles. The number of benzene rings is 1. The highest BCUT2D eigenvalue weighted by Gasteiger charge is 2.12. The first-order valence-corrected chi connectivity index (χ1v) is 7.07. The summed E-state index contributed by atoms with van der Waals surface area (Å²) in [5.41, 5.74) is 0.803. The van der Waals surface area contributed by atoms with Gasteiger partial charge in [-0.15, -0.1) is 0 Å². The van der Waals surface area contributed by atoms with Gasteiger partial charge in [-0.1, -0.05) is 13.0 Å². The van der Waals surface area contributed by atoms with Gasteiger partial charge in [-0.25, -0.2) is 12.8 Å². The molecule has 17 heavy (non-hydrogen) atoms. The fourth-order valence-corrected chi connectivity index (χ4v) is 2.33. The van der Waals surface area contributed by atoms with Crippen LogP contribution in [0.4, 0.5) is 10.1 Å². The minimum atomic E-state index is -3.50. The summed E-state index contributed by atoms with van der Waals surface area (Å²) in [6.07, 6.45) is 0. The molecule has 6 heteroatoms. The molecule has 0 amide bonds. The molecule has 0 aliphatic rings.